The van der Waals surface area contributed by atoms with Crippen molar-refractivity contribution in [3.05, 3.63) is 6.42 Å². The van der Waals surface area contributed by atoms with Gasteiger partial charge in [-0.2, -0.15) is 12.8 Å². The Hall–Kier alpha value is 1.48. The van der Waals surface area contributed by atoms with Gasteiger partial charge in [-0.05, 0) is 30.1 Å². The van der Waals surface area contributed by atoms with Crippen LogP contribution < -0.4 is 0 Å². The van der Waals surface area contributed by atoms with E-state index >= 15 is 0 Å². The molecular formula is C13H24PU-. The van der Waals surface area contributed by atoms with Gasteiger partial charge in [-0.3, -0.25) is 0 Å². The SMILES string of the molecule is CC1CCC(PC2CC[CH-]CC2)CC1.[U]. The van der Waals surface area contributed by atoms with Crippen molar-refractivity contribution in [2.75, 3.05) is 0 Å². The third kappa shape index (κ3) is 5.10. The van der Waals surface area contributed by atoms with Gasteiger partial charge >= 0.3 is 0 Å². The second-order valence-electron chi connectivity index (χ2n) is 5.26. The zero-order valence-corrected chi connectivity index (χ0v) is 15.1. The quantitative estimate of drug-likeness (QED) is 0.434. The molecule has 15 heavy (non-hydrogen) atoms. The van der Waals surface area contributed by atoms with Crippen LogP contribution in [-0.4, -0.2) is 11.3 Å². The Labute approximate surface area is 121 Å². The van der Waals surface area contributed by atoms with E-state index < -0.39 is 0 Å². The molecule has 1 unspecified atom stereocenters. The Bertz CT molecular complexity index is 158. The minimum Gasteiger partial charge on any atom is -0.328 e. The fourth-order valence-electron chi connectivity index (χ4n) is 2.85. The van der Waals surface area contributed by atoms with Crippen LogP contribution in [0.1, 0.15) is 58.3 Å². The Morgan fingerprint density at radius 3 is 2.00 bits per heavy atom. The molecule has 0 aromatic rings. The molecule has 0 bridgehead atoms. The Kier molecular flexibility index (Phi) is 7.50. The molecule has 0 aromatic carbocycles. The molecule has 0 spiro atoms. The van der Waals surface area contributed by atoms with E-state index in [2.05, 4.69) is 13.3 Å². The van der Waals surface area contributed by atoms with E-state index in [0.717, 1.165) is 17.2 Å². The zero-order chi connectivity index (χ0) is 9.80. The van der Waals surface area contributed by atoms with Gasteiger partial charge in [-0.15, -0.1) is 8.58 Å². The van der Waals surface area contributed by atoms with Crippen LogP contribution in [0.25, 0.3) is 0 Å². The largest absolute Gasteiger partial charge is 0.328 e. The molecule has 0 saturated heterocycles. The molecule has 0 amide bonds. The summed E-state index contributed by atoms with van der Waals surface area (Å²) in [5, 5.41) is 0. The molecule has 0 heterocycles. The third-order valence-corrected chi connectivity index (χ3v) is 6.02. The summed E-state index contributed by atoms with van der Waals surface area (Å²) in [6.45, 7) is 2.43. The van der Waals surface area contributed by atoms with Crippen LogP contribution in [0.4, 0.5) is 0 Å². The summed E-state index contributed by atoms with van der Waals surface area (Å²) in [7, 11) is 1.30. The fourth-order valence-corrected chi connectivity index (χ4v) is 4.85. The smallest absolute Gasteiger partial charge is 0 e. The third-order valence-electron chi connectivity index (χ3n) is 3.93. The predicted octanol–water partition coefficient (Wildman–Crippen LogP) is 4.39. The van der Waals surface area contributed by atoms with Crippen molar-refractivity contribution in [1.29, 1.82) is 0 Å². The van der Waals surface area contributed by atoms with Gasteiger partial charge in [0.15, 0.2) is 0 Å². The second kappa shape index (κ2) is 7.74. The molecule has 0 radical (unpaired) electrons. The van der Waals surface area contributed by atoms with Crippen LogP contribution >= 0.6 is 8.58 Å². The van der Waals surface area contributed by atoms with Crippen molar-refractivity contribution in [3.63, 3.8) is 0 Å². The van der Waals surface area contributed by atoms with Crippen LogP contribution in [0.2, 0.25) is 0 Å². The first kappa shape index (κ1) is 14.5. The maximum atomic E-state index is 2.49. The molecule has 0 aliphatic heterocycles. The molecule has 2 saturated carbocycles. The molecule has 0 N–H and O–H groups in total. The van der Waals surface area contributed by atoms with Crippen molar-refractivity contribution < 1.29 is 31.1 Å². The molecule has 1 atom stereocenters. The van der Waals surface area contributed by atoms with Gasteiger partial charge in [0.25, 0.3) is 0 Å². The van der Waals surface area contributed by atoms with Crippen LogP contribution in [0.15, 0.2) is 0 Å². The monoisotopic (exact) mass is 449 g/mol. The Morgan fingerprint density at radius 1 is 0.867 bits per heavy atom. The molecule has 2 rings (SSSR count). The van der Waals surface area contributed by atoms with E-state index in [1.807, 2.05) is 0 Å². The van der Waals surface area contributed by atoms with E-state index in [9.17, 15) is 0 Å². The van der Waals surface area contributed by atoms with Gasteiger partial charge < -0.3 is 6.42 Å². The minimum absolute atomic E-state index is 0. The molecule has 2 aliphatic rings. The summed E-state index contributed by atoms with van der Waals surface area (Å²) in [6.07, 6.45) is 14.4. The molecule has 2 fully saturated rings. The van der Waals surface area contributed by atoms with Crippen molar-refractivity contribution >= 4 is 8.58 Å². The molecule has 2 aliphatic carbocycles. The standard InChI is InChI=1S/C13H24P.U/c1-11-7-9-13(10-8-11)14-12-5-3-2-4-6-12;/h2,11-14H,3-10H2,1H3;/q-1;. The van der Waals surface area contributed by atoms with Crippen molar-refractivity contribution in [2.24, 2.45) is 5.92 Å². The molecule has 86 valence electrons. The van der Waals surface area contributed by atoms with Crippen LogP contribution in [0.5, 0.6) is 0 Å². The van der Waals surface area contributed by atoms with Gasteiger partial charge in [-0.25, -0.2) is 0 Å². The van der Waals surface area contributed by atoms with Gasteiger partial charge in [0.1, 0.15) is 0 Å². The van der Waals surface area contributed by atoms with Gasteiger partial charge in [0.05, 0.1) is 0 Å². The van der Waals surface area contributed by atoms with Crippen LogP contribution in [0.3, 0.4) is 0 Å². The fraction of sp³-hybridized carbons (Fsp3) is 0.923. The topological polar surface area (TPSA) is 0 Å². The summed E-state index contributed by atoms with van der Waals surface area (Å²) in [5.74, 6) is 1.02. The van der Waals surface area contributed by atoms with E-state index in [1.165, 1.54) is 47.1 Å². The Balaban J connectivity index is 0.00000112. The predicted molar refractivity (Wildman–Crippen MR) is 66.3 cm³/mol. The van der Waals surface area contributed by atoms with E-state index in [4.69, 9.17) is 0 Å². The van der Waals surface area contributed by atoms with Gasteiger partial charge in [0, 0.05) is 31.1 Å². The normalized spacial score (nSPS) is 34.2. The van der Waals surface area contributed by atoms with Crippen LogP contribution in [0, 0.1) is 43.5 Å². The molecule has 0 nitrogen and oxygen atoms in total. The van der Waals surface area contributed by atoms with Gasteiger partial charge in [-0.1, -0.05) is 32.6 Å². The van der Waals surface area contributed by atoms with Crippen molar-refractivity contribution in [2.45, 2.75) is 69.6 Å². The second-order valence-corrected chi connectivity index (χ2v) is 7.23. The first-order chi connectivity index (χ1) is 6.84. The van der Waals surface area contributed by atoms with Crippen molar-refractivity contribution in [1.82, 2.24) is 0 Å². The van der Waals surface area contributed by atoms with E-state index in [-0.39, 0.29) is 31.1 Å². The average molecular weight is 449 g/mol. The molecule has 0 aromatic heterocycles. The number of hydrogen-bond donors (Lipinski definition) is 0. The van der Waals surface area contributed by atoms with Gasteiger partial charge in [0.2, 0.25) is 0 Å². The van der Waals surface area contributed by atoms with E-state index in [1.54, 1.807) is 12.8 Å². The van der Waals surface area contributed by atoms with Crippen LogP contribution in [-0.2, 0) is 0 Å². The van der Waals surface area contributed by atoms with E-state index in [0.29, 0.717) is 0 Å². The maximum absolute atomic E-state index is 2.49. The zero-order valence-electron chi connectivity index (χ0n) is 9.97. The Morgan fingerprint density at radius 2 is 1.40 bits per heavy atom. The molecular weight excluding hydrogens is 425 g/mol. The minimum atomic E-state index is 0. The summed E-state index contributed by atoms with van der Waals surface area (Å²) >= 11 is 0. The maximum Gasteiger partial charge on any atom is 0 e. The first-order valence-corrected chi connectivity index (χ1v) is 7.58. The summed E-state index contributed by atoms with van der Waals surface area (Å²) in [4.78, 5) is 0. The van der Waals surface area contributed by atoms with Crippen molar-refractivity contribution in [3.8, 4) is 0 Å². The molecule has 2 heteroatoms. The summed E-state index contributed by atoms with van der Waals surface area (Å²) < 4.78 is 0. The number of hydrogen-bond acceptors (Lipinski definition) is 0. The summed E-state index contributed by atoms with van der Waals surface area (Å²) in [6, 6.07) is 0. The first-order valence-electron chi connectivity index (χ1n) is 6.42. The number of rotatable bonds is 2. The average Bonchev–Trinajstić information content (AvgIpc) is 2.23. The summed E-state index contributed by atoms with van der Waals surface area (Å²) in [5.41, 5.74) is 2.23.